The van der Waals surface area contributed by atoms with Crippen LogP contribution in [0.1, 0.15) is 10.4 Å². The number of nitrogens with zero attached hydrogens (tertiary/aromatic N) is 1. The van der Waals surface area contributed by atoms with Gasteiger partial charge in [-0.25, -0.2) is 9.78 Å². The average Bonchev–Trinajstić information content (AvgIpc) is 2.51. The van der Waals surface area contributed by atoms with Crippen LogP contribution in [0.2, 0.25) is 5.15 Å². The molecule has 0 bridgehead atoms. The minimum atomic E-state index is -0.458. The predicted molar refractivity (Wildman–Crippen MR) is 85.7 cm³/mol. The lowest BCUT2D eigenvalue weighted by Gasteiger charge is -2.11. The second kappa shape index (κ2) is 8.00. The topological polar surface area (TPSA) is 57.7 Å². The zero-order valence-electron chi connectivity index (χ0n) is 11.7. The highest BCUT2D eigenvalue weighted by molar-refractivity contribution is 9.10. The molecule has 0 saturated carbocycles. The molecule has 0 N–H and O–H groups in total. The Bertz CT molecular complexity index is 666. The summed E-state index contributed by atoms with van der Waals surface area (Å²) in [6.07, 6.45) is 0. The Labute approximate surface area is 141 Å². The molecule has 0 aliphatic rings. The normalized spacial score (nSPS) is 10.1. The monoisotopic (exact) mass is 385 g/mol. The average molecular weight is 387 g/mol. The van der Waals surface area contributed by atoms with Crippen LogP contribution in [0, 0.1) is 0 Å². The number of hydrogen-bond acceptors (Lipinski definition) is 5. The molecule has 0 atom stereocenters. The number of pyridine rings is 1. The van der Waals surface area contributed by atoms with Crippen LogP contribution in [0.5, 0.6) is 11.6 Å². The van der Waals surface area contributed by atoms with E-state index in [1.807, 2.05) is 0 Å². The molecule has 0 aliphatic heterocycles. The van der Waals surface area contributed by atoms with E-state index in [4.69, 9.17) is 25.8 Å². The fourth-order valence-electron chi connectivity index (χ4n) is 1.66. The van der Waals surface area contributed by atoms with Crippen LogP contribution in [-0.2, 0) is 4.74 Å². The lowest BCUT2D eigenvalue weighted by molar-refractivity contribution is 0.0595. The highest BCUT2D eigenvalue weighted by Crippen LogP contribution is 2.24. The van der Waals surface area contributed by atoms with Gasteiger partial charge in [-0.05, 0) is 24.3 Å². The molecule has 116 valence electrons. The zero-order chi connectivity index (χ0) is 15.9. The number of ether oxygens (including phenoxy) is 3. The fourth-order valence-corrected chi connectivity index (χ4v) is 2.16. The molecule has 0 fully saturated rings. The highest BCUT2D eigenvalue weighted by atomic mass is 79.9. The Hall–Kier alpha value is -1.79. The number of carbonyl (C=O) groups is 1. The third kappa shape index (κ3) is 4.61. The highest BCUT2D eigenvalue weighted by Gasteiger charge is 2.13. The molecule has 5 nitrogen and oxygen atoms in total. The van der Waals surface area contributed by atoms with Gasteiger partial charge >= 0.3 is 5.97 Å². The smallest absolute Gasteiger partial charge is 0.341 e. The van der Waals surface area contributed by atoms with Gasteiger partial charge < -0.3 is 14.2 Å². The molecule has 0 radical (unpaired) electrons. The Kier molecular flexibility index (Phi) is 6.03. The van der Waals surface area contributed by atoms with Gasteiger partial charge in [-0.15, -0.1) is 0 Å². The number of methoxy groups -OCH3 is 1. The molecule has 0 amide bonds. The molecule has 0 aliphatic carbocycles. The van der Waals surface area contributed by atoms with Gasteiger partial charge in [-0.3, -0.25) is 0 Å². The van der Waals surface area contributed by atoms with Crippen molar-refractivity contribution < 1.29 is 19.0 Å². The van der Waals surface area contributed by atoms with Crippen LogP contribution >= 0.6 is 27.5 Å². The Balaban J connectivity index is 1.94. The van der Waals surface area contributed by atoms with Crippen molar-refractivity contribution in [2.45, 2.75) is 0 Å². The van der Waals surface area contributed by atoms with Gasteiger partial charge in [-0.2, -0.15) is 0 Å². The summed E-state index contributed by atoms with van der Waals surface area (Å²) >= 11 is 9.10. The minimum Gasteiger partial charge on any atom is -0.489 e. The maximum atomic E-state index is 11.7. The van der Waals surface area contributed by atoms with E-state index in [1.165, 1.54) is 7.11 Å². The van der Waals surface area contributed by atoms with E-state index in [9.17, 15) is 4.79 Å². The van der Waals surface area contributed by atoms with Crippen molar-refractivity contribution in [3.05, 3.63) is 51.6 Å². The molecule has 7 heteroatoms. The maximum Gasteiger partial charge on any atom is 0.341 e. The molecule has 1 aromatic carbocycles. The van der Waals surface area contributed by atoms with Crippen molar-refractivity contribution in [2.24, 2.45) is 0 Å². The van der Waals surface area contributed by atoms with Gasteiger partial charge in [0.15, 0.2) is 0 Å². The van der Waals surface area contributed by atoms with E-state index in [-0.39, 0.29) is 13.2 Å². The Morgan fingerprint density at radius 3 is 2.73 bits per heavy atom. The van der Waals surface area contributed by atoms with Crippen LogP contribution in [0.3, 0.4) is 0 Å². The summed E-state index contributed by atoms with van der Waals surface area (Å²) in [6, 6.07) is 10.2. The van der Waals surface area contributed by atoms with Crippen molar-refractivity contribution in [3.63, 3.8) is 0 Å². The van der Waals surface area contributed by atoms with E-state index in [2.05, 4.69) is 20.9 Å². The summed E-state index contributed by atoms with van der Waals surface area (Å²) < 4.78 is 16.5. The van der Waals surface area contributed by atoms with Gasteiger partial charge in [0.25, 0.3) is 0 Å². The molecule has 0 spiro atoms. The number of rotatable bonds is 6. The van der Waals surface area contributed by atoms with Crippen molar-refractivity contribution in [2.75, 3.05) is 20.3 Å². The predicted octanol–water partition coefficient (Wildman–Crippen LogP) is 3.74. The largest absolute Gasteiger partial charge is 0.489 e. The first-order valence-corrected chi connectivity index (χ1v) is 7.53. The van der Waals surface area contributed by atoms with E-state index < -0.39 is 5.97 Å². The Morgan fingerprint density at radius 1 is 1.23 bits per heavy atom. The van der Waals surface area contributed by atoms with Gasteiger partial charge in [0, 0.05) is 10.5 Å². The van der Waals surface area contributed by atoms with E-state index in [0.717, 1.165) is 4.47 Å². The molecular formula is C15H13BrClNO4. The molecular weight excluding hydrogens is 374 g/mol. The number of carbonyl (C=O) groups excluding carboxylic acids is 1. The Morgan fingerprint density at radius 2 is 2.00 bits per heavy atom. The number of esters is 1. The van der Waals surface area contributed by atoms with Crippen LogP contribution in [0.25, 0.3) is 0 Å². The second-order valence-electron chi connectivity index (χ2n) is 4.13. The fraction of sp³-hybridized carbons (Fsp3) is 0.200. The molecule has 22 heavy (non-hydrogen) atoms. The third-order valence-corrected chi connectivity index (χ3v) is 3.33. The van der Waals surface area contributed by atoms with Crippen LogP contribution in [-0.4, -0.2) is 31.3 Å². The summed E-state index contributed by atoms with van der Waals surface area (Å²) in [4.78, 5) is 15.7. The summed E-state index contributed by atoms with van der Waals surface area (Å²) in [5.41, 5.74) is 0.353. The standard InChI is InChI=1S/C15H13BrClNO4/c1-20-15(19)11-6-5-10(16)9-12(11)21-7-8-22-14-4-2-3-13(17)18-14/h2-6,9H,7-8H2,1H3. The minimum absolute atomic E-state index is 0.245. The molecule has 1 aromatic heterocycles. The summed E-state index contributed by atoms with van der Waals surface area (Å²) in [5.74, 6) is 0.377. The lowest BCUT2D eigenvalue weighted by atomic mass is 10.2. The van der Waals surface area contributed by atoms with E-state index in [1.54, 1.807) is 36.4 Å². The van der Waals surface area contributed by atoms with Crippen LogP contribution < -0.4 is 9.47 Å². The quantitative estimate of drug-likeness (QED) is 0.430. The molecule has 0 saturated heterocycles. The first-order chi connectivity index (χ1) is 10.6. The summed E-state index contributed by atoms with van der Waals surface area (Å²) in [5, 5.41) is 0.360. The first-order valence-electron chi connectivity index (χ1n) is 6.36. The number of hydrogen-bond donors (Lipinski definition) is 0. The SMILES string of the molecule is COC(=O)c1ccc(Br)cc1OCCOc1cccc(Cl)n1. The molecule has 1 heterocycles. The maximum absolute atomic E-state index is 11.7. The molecule has 2 rings (SSSR count). The van der Waals surface area contributed by atoms with Gasteiger partial charge in [0.1, 0.15) is 29.7 Å². The van der Waals surface area contributed by atoms with Crippen molar-refractivity contribution in [3.8, 4) is 11.6 Å². The number of benzene rings is 1. The van der Waals surface area contributed by atoms with Gasteiger partial charge in [0.05, 0.1) is 7.11 Å². The first kappa shape index (κ1) is 16.6. The lowest BCUT2D eigenvalue weighted by Crippen LogP contribution is -2.12. The van der Waals surface area contributed by atoms with Crippen molar-refractivity contribution in [1.29, 1.82) is 0 Å². The molecule has 2 aromatic rings. The summed E-state index contributed by atoms with van der Waals surface area (Å²) in [6.45, 7) is 0.509. The number of aromatic nitrogens is 1. The van der Waals surface area contributed by atoms with Crippen molar-refractivity contribution in [1.82, 2.24) is 4.98 Å². The van der Waals surface area contributed by atoms with Crippen LogP contribution in [0.4, 0.5) is 0 Å². The van der Waals surface area contributed by atoms with Crippen LogP contribution in [0.15, 0.2) is 40.9 Å². The van der Waals surface area contributed by atoms with Crippen molar-refractivity contribution >= 4 is 33.5 Å². The number of halogens is 2. The van der Waals surface area contributed by atoms with Gasteiger partial charge in [-0.1, -0.05) is 33.6 Å². The van der Waals surface area contributed by atoms with Gasteiger partial charge in [0.2, 0.25) is 5.88 Å². The molecule has 0 unspecified atom stereocenters. The third-order valence-electron chi connectivity index (χ3n) is 2.63. The second-order valence-corrected chi connectivity index (χ2v) is 5.43. The van der Waals surface area contributed by atoms with E-state index >= 15 is 0 Å². The summed E-state index contributed by atoms with van der Waals surface area (Å²) in [7, 11) is 1.32. The van der Waals surface area contributed by atoms with E-state index in [0.29, 0.717) is 22.3 Å². The zero-order valence-corrected chi connectivity index (χ0v) is 14.1.